The fourth-order valence-electron chi connectivity index (χ4n) is 3.04. The molecule has 0 amide bonds. The second-order valence-corrected chi connectivity index (χ2v) is 5.36. The van der Waals surface area contributed by atoms with Crippen LogP contribution < -0.4 is 4.74 Å². The fraction of sp³-hybridized carbons (Fsp3) is 0.500. The molecule has 19 heavy (non-hydrogen) atoms. The summed E-state index contributed by atoms with van der Waals surface area (Å²) in [6, 6.07) is 6.68. The summed E-state index contributed by atoms with van der Waals surface area (Å²) in [6.07, 6.45) is 3.23. The number of hydrogen-bond donors (Lipinski definition) is 0. The summed E-state index contributed by atoms with van der Waals surface area (Å²) in [7, 11) is 3.92. The highest BCUT2D eigenvalue weighted by atomic mass is 16.5. The fourth-order valence-corrected chi connectivity index (χ4v) is 3.04. The van der Waals surface area contributed by atoms with E-state index in [1.54, 1.807) is 7.11 Å². The zero-order valence-electron chi connectivity index (χ0n) is 11.9. The Labute approximate surface area is 114 Å². The molecule has 0 fully saturated rings. The van der Waals surface area contributed by atoms with E-state index >= 15 is 0 Å². The van der Waals surface area contributed by atoms with Crippen LogP contribution in [0, 0.1) is 0 Å². The smallest absolute Gasteiger partial charge is 0.134 e. The van der Waals surface area contributed by atoms with Crippen molar-refractivity contribution in [2.45, 2.75) is 32.2 Å². The third-order valence-electron chi connectivity index (χ3n) is 4.31. The van der Waals surface area contributed by atoms with Crippen LogP contribution in [0.4, 0.5) is 0 Å². The summed E-state index contributed by atoms with van der Waals surface area (Å²) in [4.78, 5) is 2.45. The standard InChI is InChI=1S/C16H21NO2/c1-4-11-9-16-13(7-8-17(11)2)14-10-12(18-3)5-6-15(14)19-16/h5-6,10-11H,4,7-9H2,1-3H3. The minimum Gasteiger partial charge on any atom is -0.497 e. The second-order valence-electron chi connectivity index (χ2n) is 5.36. The van der Waals surface area contributed by atoms with Gasteiger partial charge in [-0.1, -0.05) is 6.92 Å². The number of furan rings is 1. The molecule has 1 unspecified atom stereocenters. The van der Waals surface area contributed by atoms with E-state index in [9.17, 15) is 0 Å². The predicted octanol–water partition coefficient (Wildman–Crippen LogP) is 3.25. The van der Waals surface area contributed by atoms with Gasteiger partial charge in [0.1, 0.15) is 17.1 Å². The number of rotatable bonds is 2. The van der Waals surface area contributed by atoms with Crippen LogP contribution in [0.15, 0.2) is 22.6 Å². The summed E-state index contributed by atoms with van der Waals surface area (Å²) in [5.74, 6) is 2.07. The van der Waals surface area contributed by atoms with E-state index < -0.39 is 0 Å². The van der Waals surface area contributed by atoms with Gasteiger partial charge >= 0.3 is 0 Å². The number of ether oxygens (including phenoxy) is 1. The highest BCUT2D eigenvalue weighted by Crippen LogP contribution is 2.32. The van der Waals surface area contributed by atoms with Gasteiger partial charge in [0, 0.05) is 30.0 Å². The van der Waals surface area contributed by atoms with Crippen LogP contribution in [-0.2, 0) is 12.8 Å². The minimum absolute atomic E-state index is 0.587. The largest absolute Gasteiger partial charge is 0.497 e. The van der Waals surface area contributed by atoms with Crippen LogP contribution >= 0.6 is 0 Å². The van der Waals surface area contributed by atoms with Crippen molar-refractivity contribution in [2.75, 3.05) is 20.7 Å². The molecule has 0 N–H and O–H groups in total. The minimum atomic E-state index is 0.587. The van der Waals surface area contributed by atoms with Crippen molar-refractivity contribution in [3.05, 3.63) is 29.5 Å². The molecular formula is C16H21NO2. The molecule has 0 spiro atoms. The van der Waals surface area contributed by atoms with Crippen molar-refractivity contribution in [3.63, 3.8) is 0 Å². The molecule has 0 saturated carbocycles. The van der Waals surface area contributed by atoms with Gasteiger partial charge in [0.15, 0.2) is 0 Å². The van der Waals surface area contributed by atoms with Crippen molar-refractivity contribution in [1.29, 1.82) is 0 Å². The maximum Gasteiger partial charge on any atom is 0.134 e. The van der Waals surface area contributed by atoms with Crippen LogP contribution in [0.25, 0.3) is 11.0 Å². The third-order valence-corrected chi connectivity index (χ3v) is 4.31. The Balaban J connectivity index is 2.08. The Hall–Kier alpha value is -1.48. The van der Waals surface area contributed by atoms with Crippen LogP contribution in [0.3, 0.4) is 0 Å². The molecule has 1 aromatic carbocycles. The molecule has 1 atom stereocenters. The van der Waals surface area contributed by atoms with E-state index in [0.717, 1.165) is 37.1 Å². The van der Waals surface area contributed by atoms with Gasteiger partial charge < -0.3 is 14.1 Å². The van der Waals surface area contributed by atoms with E-state index in [2.05, 4.69) is 24.9 Å². The first-order chi connectivity index (χ1) is 9.22. The van der Waals surface area contributed by atoms with E-state index in [-0.39, 0.29) is 0 Å². The maximum absolute atomic E-state index is 6.07. The molecule has 0 bridgehead atoms. The van der Waals surface area contributed by atoms with Crippen LogP contribution in [0.1, 0.15) is 24.7 Å². The molecule has 2 aromatic rings. The van der Waals surface area contributed by atoms with Crippen LogP contribution in [0.2, 0.25) is 0 Å². The molecule has 0 saturated heterocycles. The Morgan fingerprint density at radius 3 is 3.00 bits per heavy atom. The van der Waals surface area contributed by atoms with E-state index in [1.807, 2.05) is 12.1 Å². The van der Waals surface area contributed by atoms with Gasteiger partial charge in [0.2, 0.25) is 0 Å². The Bertz CT molecular complexity index is 588. The first-order valence-electron chi connectivity index (χ1n) is 7.01. The topological polar surface area (TPSA) is 25.6 Å². The van der Waals surface area contributed by atoms with Gasteiger partial charge in [0.25, 0.3) is 0 Å². The van der Waals surface area contributed by atoms with Gasteiger partial charge in [-0.2, -0.15) is 0 Å². The SMILES string of the molecule is CCC1Cc2oc3ccc(OC)cc3c2CCN1C. The van der Waals surface area contributed by atoms with Gasteiger partial charge in [0.05, 0.1) is 7.11 Å². The van der Waals surface area contributed by atoms with Crippen molar-refractivity contribution in [3.8, 4) is 5.75 Å². The van der Waals surface area contributed by atoms with Crippen LogP contribution in [0.5, 0.6) is 5.75 Å². The maximum atomic E-state index is 6.07. The first-order valence-corrected chi connectivity index (χ1v) is 7.01. The predicted molar refractivity (Wildman–Crippen MR) is 76.9 cm³/mol. The van der Waals surface area contributed by atoms with Crippen molar-refractivity contribution < 1.29 is 9.15 Å². The van der Waals surface area contributed by atoms with Crippen molar-refractivity contribution >= 4 is 11.0 Å². The highest BCUT2D eigenvalue weighted by Gasteiger charge is 2.24. The Morgan fingerprint density at radius 2 is 2.26 bits per heavy atom. The molecule has 0 radical (unpaired) electrons. The lowest BCUT2D eigenvalue weighted by Crippen LogP contribution is -2.32. The number of likely N-dealkylation sites (N-methyl/N-ethyl adjacent to an activating group) is 1. The molecule has 3 heteroatoms. The first kappa shape index (κ1) is 12.5. The number of methoxy groups -OCH3 is 1. The lowest BCUT2D eigenvalue weighted by molar-refractivity contribution is 0.239. The van der Waals surface area contributed by atoms with Crippen molar-refractivity contribution in [2.24, 2.45) is 0 Å². The number of fused-ring (bicyclic) bond motifs is 3. The molecule has 3 nitrogen and oxygen atoms in total. The molecule has 1 aliphatic heterocycles. The summed E-state index contributed by atoms with van der Waals surface area (Å²) in [5.41, 5.74) is 2.36. The normalized spacial score (nSPS) is 20.3. The molecule has 102 valence electrons. The van der Waals surface area contributed by atoms with Gasteiger partial charge in [-0.05, 0) is 38.1 Å². The summed E-state index contributed by atoms with van der Waals surface area (Å²) in [6.45, 7) is 3.34. The lowest BCUT2D eigenvalue weighted by atomic mass is 10.0. The van der Waals surface area contributed by atoms with Gasteiger partial charge in [-0.3, -0.25) is 0 Å². The zero-order valence-corrected chi connectivity index (χ0v) is 11.9. The lowest BCUT2D eigenvalue weighted by Gasteiger charge is -2.23. The molecule has 1 aliphatic rings. The third kappa shape index (κ3) is 2.12. The zero-order chi connectivity index (χ0) is 13.4. The highest BCUT2D eigenvalue weighted by molar-refractivity contribution is 5.84. The van der Waals surface area contributed by atoms with Crippen LogP contribution in [-0.4, -0.2) is 31.6 Å². The summed E-state index contributed by atoms with van der Waals surface area (Å²) in [5, 5.41) is 1.22. The second kappa shape index (κ2) is 4.89. The monoisotopic (exact) mass is 259 g/mol. The molecular weight excluding hydrogens is 238 g/mol. The number of nitrogens with zero attached hydrogens (tertiary/aromatic N) is 1. The summed E-state index contributed by atoms with van der Waals surface area (Å²) >= 11 is 0. The van der Waals surface area contributed by atoms with E-state index in [4.69, 9.17) is 9.15 Å². The Morgan fingerprint density at radius 1 is 1.42 bits per heavy atom. The molecule has 1 aromatic heterocycles. The number of benzene rings is 1. The average Bonchev–Trinajstić information content (AvgIpc) is 2.69. The van der Waals surface area contributed by atoms with E-state index in [1.165, 1.54) is 16.7 Å². The molecule has 2 heterocycles. The Kier molecular flexibility index (Phi) is 3.23. The van der Waals surface area contributed by atoms with E-state index in [0.29, 0.717) is 6.04 Å². The average molecular weight is 259 g/mol. The quantitative estimate of drug-likeness (QED) is 0.828. The van der Waals surface area contributed by atoms with Gasteiger partial charge in [-0.15, -0.1) is 0 Å². The molecule has 3 rings (SSSR count). The number of hydrogen-bond acceptors (Lipinski definition) is 3. The van der Waals surface area contributed by atoms with Crippen molar-refractivity contribution in [1.82, 2.24) is 4.90 Å². The van der Waals surface area contributed by atoms with Gasteiger partial charge in [-0.25, -0.2) is 0 Å². The summed E-state index contributed by atoms with van der Waals surface area (Å²) < 4.78 is 11.4. The molecule has 0 aliphatic carbocycles.